The third-order valence-corrected chi connectivity index (χ3v) is 5.99. The molecule has 5 nitrogen and oxygen atoms in total. The van der Waals surface area contributed by atoms with Crippen LogP contribution < -0.4 is 4.74 Å². The molecular weight excluding hydrogens is 400 g/mol. The van der Waals surface area contributed by atoms with Crippen molar-refractivity contribution in [3.8, 4) is 17.6 Å². The predicted molar refractivity (Wildman–Crippen MR) is 109 cm³/mol. The molecule has 0 aliphatic carbocycles. The zero-order valence-electron chi connectivity index (χ0n) is 15.7. The van der Waals surface area contributed by atoms with Crippen LogP contribution >= 0.6 is 11.6 Å². The van der Waals surface area contributed by atoms with Gasteiger partial charge in [0.1, 0.15) is 5.75 Å². The number of benzene rings is 2. The van der Waals surface area contributed by atoms with Gasteiger partial charge in [-0.25, -0.2) is 13.2 Å². The molecule has 0 heterocycles. The van der Waals surface area contributed by atoms with Crippen LogP contribution in [0.25, 0.3) is 0 Å². The number of hydrogen-bond donors (Lipinski definition) is 1. The van der Waals surface area contributed by atoms with Gasteiger partial charge >= 0.3 is 5.97 Å². The van der Waals surface area contributed by atoms with Crippen molar-refractivity contribution in [1.29, 1.82) is 0 Å². The quantitative estimate of drug-likeness (QED) is 0.682. The van der Waals surface area contributed by atoms with Crippen molar-refractivity contribution in [2.45, 2.75) is 31.6 Å². The fraction of sp³-hybridized carbons (Fsp3) is 0.286. The van der Waals surface area contributed by atoms with E-state index in [9.17, 15) is 13.2 Å². The van der Waals surface area contributed by atoms with Crippen LogP contribution in [-0.2, 0) is 14.6 Å². The Hall–Kier alpha value is -2.49. The third-order valence-electron chi connectivity index (χ3n) is 3.96. The summed E-state index contributed by atoms with van der Waals surface area (Å²) in [6.07, 6.45) is 1.40. The molecule has 28 heavy (non-hydrogen) atoms. The van der Waals surface area contributed by atoms with Gasteiger partial charge in [0, 0.05) is 10.6 Å². The Morgan fingerprint density at radius 1 is 1.14 bits per heavy atom. The smallest absolute Gasteiger partial charge is 0.341 e. The fourth-order valence-electron chi connectivity index (χ4n) is 2.38. The largest absolute Gasteiger partial charge is 0.481 e. The first kappa shape index (κ1) is 21.8. The number of aryl methyl sites for hydroxylation is 1. The van der Waals surface area contributed by atoms with Crippen molar-refractivity contribution in [3.05, 3.63) is 58.1 Å². The maximum Gasteiger partial charge on any atom is 0.341 e. The molecule has 0 unspecified atom stereocenters. The monoisotopic (exact) mass is 420 g/mol. The van der Waals surface area contributed by atoms with Gasteiger partial charge in [-0.15, -0.1) is 0 Å². The number of sulfone groups is 1. The van der Waals surface area contributed by atoms with Crippen LogP contribution in [0.4, 0.5) is 0 Å². The molecule has 0 radical (unpaired) electrons. The molecular formula is C21H21ClO5S. The van der Waals surface area contributed by atoms with Crippen LogP contribution in [0.2, 0.25) is 5.02 Å². The van der Waals surface area contributed by atoms with E-state index in [-0.39, 0.29) is 10.6 Å². The zero-order chi connectivity index (χ0) is 20.7. The number of ether oxygens (including phenoxy) is 1. The molecule has 2 aromatic carbocycles. The van der Waals surface area contributed by atoms with E-state index in [0.29, 0.717) is 28.3 Å². The van der Waals surface area contributed by atoms with Gasteiger partial charge in [-0.3, -0.25) is 0 Å². The van der Waals surface area contributed by atoms with Gasteiger partial charge in [-0.2, -0.15) is 0 Å². The Bertz CT molecular complexity index is 1030. The van der Waals surface area contributed by atoms with Gasteiger partial charge in [0.15, 0.2) is 16.4 Å². The van der Waals surface area contributed by atoms with Gasteiger partial charge < -0.3 is 9.84 Å². The van der Waals surface area contributed by atoms with Crippen LogP contribution in [0.5, 0.6) is 5.75 Å². The second-order valence-electron chi connectivity index (χ2n) is 6.22. The number of carboxylic acids is 1. The minimum atomic E-state index is -3.36. The Morgan fingerprint density at radius 2 is 1.86 bits per heavy atom. The first-order valence-electron chi connectivity index (χ1n) is 8.72. The summed E-state index contributed by atoms with van der Waals surface area (Å²) in [5.41, 5.74) is 1.83. The summed E-state index contributed by atoms with van der Waals surface area (Å²) < 4.78 is 30.1. The van der Waals surface area contributed by atoms with Crippen LogP contribution in [0.3, 0.4) is 0 Å². The van der Waals surface area contributed by atoms with Crippen molar-refractivity contribution < 1.29 is 23.1 Å². The number of carbonyl (C=O) groups is 1. The predicted octanol–water partition coefficient (Wildman–Crippen LogP) is 4.09. The molecule has 0 amide bonds. The summed E-state index contributed by atoms with van der Waals surface area (Å²) in [5, 5.41) is 9.22. The third kappa shape index (κ3) is 6.01. The zero-order valence-corrected chi connectivity index (χ0v) is 17.2. The van der Waals surface area contributed by atoms with E-state index in [0.717, 1.165) is 12.0 Å². The summed E-state index contributed by atoms with van der Waals surface area (Å²) in [7, 11) is -3.36. The van der Waals surface area contributed by atoms with Crippen molar-refractivity contribution in [2.24, 2.45) is 0 Å². The van der Waals surface area contributed by atoms with E-state index in [2.05, 4.69) is 11.8 Å². The highest BCUT2D eigenvalue weighted by atomic mass is 35.5. The summed E-state index contributed by atoms with van der Waals surface area (Å²) >= 11 is 6.01. The van der Waals surface area contributed by atoms with E-state index < -0.39 is 22.4 Å². The Balaban J connectivity index is 2.40. The lowest BCUT2D eigenvalue weighted by Gasteiger charge is -2.07. The normalized spacial score (nSPS) is 10.8. The standard InChI is InChI=1S/C21H21ClO5S/c1-3-4-11-28(25,26)19-9-5-15(2)16(13-19)6-7-17-12-18(22)8-10-20(17)27-14-21(23)24/h5,8-10,12-13H,3-4,11,14H2,1-2H3,(H,23,24). The maximum atomic E-state index is 12.4. The minimum Gasteiger partial charge on any atom is -0.481 e. The molecule has 0 spiro atoms. The summed E-state index contributed by atoms with van der Waals surface area (Å²) in [5.74, 6) is 5.15. The number of halogens is 1. The summed E-state index contributed by atoms with van der Waals surface area (Å²) in [6.45, 7) is 3.28. The Morgan fingerprint density at radius 3 is 2.54 bits per heavy atom. The molecule has 7 heteroatoms. The van der Waals surface area contributed by atoms with Gasteiger partial charge in [0.25, 0.3) is 0 Å². The lowest BCUT2D eigenvalue weighted by molar-refractivity contribution is -0.139. The lowest BCUT2D eigenvalue weighted by Crippen LogP contribution is -2.10. The molecule has 148 valence electrons. The van der Waals surface area contributed by atoms with Crippen LogP contribution in [0.1, 0.15) is 36.5 Å². The van der Waals surface area contributed by atoms with E-state index in [1.165, 1.54) is 0 Å². The molecule has 0 aromatic heterocycles. The van der Waals surface area contributed by atoms with Crippen LogP contribution in [-0.4, -0.2) is 31.9 Å². The first-order valence-corrected chi connectivity index (χ1v) is 10.8. The van der Waals surface area contributed by atoms with Crippen molar-refractivity contribution in [2.75, 3.05) is 12.4 Å². The molecule has 0 saturated carbocycles. The van der Waals surface area contributed by atoms with Crippen molar-refractivity contribution in [1.82, 2.24) is 0 Å². The molecule has 0 bridgehead atoms. The molecule has 2 aromatic rings. The molecule has 1 N–H and O–H groups in total. The van der Waals surface area contributed by atoms with Crippen LogP contribution in [0.15, 0.2) is 41.3 Å². The average Bonchev–Trinajstić information content (AvgIpc) is 2.64. The first-order chi connectivity index (χ1) is 13.2. The van der Waals surface area contributed by atoms with E-state index in [1.807, 2.05) is 13.8 Å². The number of unbranched alkanes of at least 4 members (excludes halogenated alkanes) is 1. The summed E-state index contributed by atoms with van der Waals surface area (Å²) in [4.78, 5) is 11.0. The maximum absolute atomic E-state index is 12.4. The Kier molecular flexibility index (Phi) is 7.50. The molecule has 0 saturated heterocycles. The number of aliphatic carboxylic acids is 1. The highest BCUT2D eigenvalue weighted by Gasteiger charge is 2.14. The molecule has 2 rings (SSSR count). The van der Waals surface area contributed by atoms with Gasteiger partial charge in [0.05, 0.1) is 16.2 Å². The van der Waals surface area contributed by atoms with Crippen molar-refractivity contribution in [3.63, 3.8) is 0 Å². The average molecular weight is 421 g/mol. The molecule has 0 aliphatic heterocycles. The van der Waals surface area contributed by atoms with Gasteiger partial charge in [-0.05, 0) is 49.2 Å². The number of carboxylic acid groups (broad SMARTS) is 1. The van der Waals surface area contributed by atoms with Crippen LogP contribution in [0, 0.1) is 18.8 Å². The van der Waals surface area contributed by atoms with Crippen molar-refractivity contribution >= 4 is 27.4 Å². The number of hydrogen-bond acceptors (Lipinski definition) is 4. The lowest BCUT2D eigenvalue weighted by atomic mass is 10.1. The molecule has 0 aliphatic rings. The highest BCUT2D eigenvalue weighted by Crippen LogP contribution is 2.23. The second-order valence-corrected chi connectivity index (χ2v) is 8.77. The fourth-order valence-corrected chi connectivity index (χ4v) is 4.03. The molecule has 0 fully saturated rings. The van der Waals surface area contributed by atoms with Gasteiger partial charge in [-0.1, -0.05) is 42.9 Å². The minimum absolute atomic E-state index is 0.0981. The summed E-state index contributed by atoms with van der Waals surface area (Å²) in [6, 6.07) is 9.58. The van der Waals surface area contributed by atoms with Gasteiger partial charge in [0.2, 0.25) is 0 Å². The van der Waals surface area contributed by atoms with E-state index in [1.54, 1.807) is 36.4 Å². The molecule has 0 atom stereocenters. The second kappa shape index (κ2) is 9.63. The van der Waals surface area contributed by atoms with E-state index >= 15 is 0 Å². The number of rotatable bonds is 7. The van der Waals surface area contributed by atoms with E-state index in [4.69, 9.17) is 21.4 Å². The highest BCUT2D eigenvalue weighted by molar-refractivity contribution is 7.91. The Labute approximate surface area is 170 Å². The topological polar surface area (TPSA) is 80.7 Å². The SMILES string of the molecule is CCCCS(=O)(=O)c1ccc(C)c(C#Cc2cc(Cl)ccc2OCC(=O)O)c1.